The molecule has 0 atom stereocenters. The highest BCUT2D eigenvalue weighted by Gasteiger charge is 2.12. The van der Waals surface area contributed by atoms with Crippen LogP contribution in [0.4, 0.5) is 10.2 Å². The molecule has 0 fully saturated rings. The number of hydrogen-bond acceptors (Lipinski definition) is 5. The van der Waals surface area contributed by atoms with Gasteiger partial charge in [0.15, 0.2) is 5.76 Å². The van der Waals surface area contributed by atoms with Crippen LogP contribution in [0.25, 0.3) is 0 Å². The Morgan fingerprint density at radius 1 is 1.59 bits per heavy atom. The molecule has 0 saturated carbocycles. The second-order valence-corrected chi connectivity index (χ2v) is 3.19. The number of carboxylic acid groups (broad SMARTS) is 1. The molecule has 2 aromatic rings. The number of halogens is 1. The lowest BCUT2D eigenvalue weighted by molar-refractivity contribution is 0.0697. The van der Waals surface area contributed by atoms with E-state index in [2.05, 4.69) is 15.5 Å². The summed E-state index contributed by atoms with van der Waals surface area (Å²) in [5, 5.41) is 15.1. The average Bonchev–Trinajstić information content (AvgIpc) is 2.80. The Morgan fingerprint density at radius 3 is 3.06 bits per heavy atom. The highest BCUT2D eigenvalue weighted by Crippen LogP contribution is 2.14. The van der Waals surface area contributed by atoms with Crippen LogP contribution in [0, 0.1) is 5.82 Å². The minimum atomic E-state index is -1.25. The van der Waals surface area contributed by atoms with Crippen molar-refractivity contribution >= 4 is 11.8 Å². The molecule has 0 saturated heterocycles. The van der Waals surface area contributed by atoms with Gasteiger partial charge >= 0.3 is 5.97 Å². The van der Waals surface area contributed by atoms with Crippen molar-refractivity contribution in [2.75, 3.05) is 5.32 Å². The molecular weight excluding hydrogens is 229 g/mol. The van der Waals surface area contributed by atoms with Gasteiger partial charge in [0, 0.05) is 6.07 Å². The molecule has 88 valence electrons. The third-order valence-electron chi connectivity index (χ3n) is 2.01. The molecule has 17 heavy (non-hydrogen) atoms. The van der Waals surface area contributed by atoms with Crippen LogP contribution in [0.5, 0.6) is 0 Å². The topological polar surface area (TPSA) is 88.2 Å². The maximum absolute atomic E-state index is 12.8. The van der Waals surface area contributed by atoms with E-state index in [1.54, 1.807) is 6.07 Å². The van der Waals surface area contributed by atoms with Crippen LogP contribution < -0.4 is 5.32 Å². The van der Waals surface area contributed by atoms with Gasteiger partial charge in [-0.05, 0) is 6.07 Å². The molecule has 0 aliphatic carbocycles. The van der Waals surface area contributed by atoms with Crippen LogP contribution in [0.2, 0.25) is 0 Å². The summed E-state index contributed by atoms with van der Waals surface area (Å²) in [6, 6.07) is 2.52. The van der Waals surface area contributed by atoms with Crippen molar-refractivity contribution in [2.45, 2.75) is 6.54 Å². The summed E-state index contributed by atoms with van der Waals surface area (Å²) in [5.41, 5.74) is -0.232. The molecule has 2 aromatic heterocycles. The molecule has 2 heterocycles. The number of carbonyl (C=O) groups is 1. The van der Waals surface area contributed by atoms with Crippen molar-refractivity contribution in [3.05, 3.63) is 41.7 Å². The molecule has 2 rings (SSSR count). The van der Waals surface area contributed by atoms with Crippen LogP contribution in [-0.2, 0) is 6.54 Å². The lowest BCUT2D eigenvalue weighted by Crippen LogP contribution is -2.08. The maximum atomic E-state index is 12.8. The summed E-state index contributed by atoms with van der Waals surface area (Å²) in [7, 11) is 0. The summed E-state index contributed by atoms with van der Waals surface area (Å²) in [6.07, 6.45) is 2.41. The largest absolute Gasteiger partial charge is 0.478 e. The van der Waals surface area contributed by atoms with Gasteiger partial charge in [-0.25, -0.2) is 14.2 Å². The Balaban J connectivity index is 2.17. The number of nitrogens with one attached hydrogen (secondary N) is 1. The van der Waals surface area contributed by atoms with E-state index in [4.69, 9.17) is 9.63 Å². The highest BCUT2D eigenvalue weighted by molar-refractivity contribution is 5.93. The van der Waals surface area contributed by atoms with Crippen molar-refractivity contribution in [3.8, 4) is 0 Å². The van der Waals surface area contributed by atoms with Crippen molar-refractivity contribution in [3.63, 3.8) is 0 Å². The van der Waals surface area contributed by atoms with E-state index in [-0.39, 0.29) is 17.9 Å². The van der Waals surface area contributed by atoms with Crippen LogP contribution in [0.3, 0.4) is 0 Å². The standard InChI is InChI=1S/C10H8FN3O3/c11-6-3-8(10(15)16)9(12-4-6)13-5-7-1-2-14-17-7/h1-4H,5H2,(H,12,13)(H,15,16). The lowest BCUT2D eigenvalue weighted by Gasteiger charge is -2.06. The van der Waals surface area contributed by atoms with Crippen LogP contribution >= 0.6 is 0 Å². The number of anilines is 1. The minimum Gasteiger partial charge on any atom is -0.478 e. The van der Waals surface area contributed by atoms with Crippen molar-refractivity contribution in [1.29, 1.82) is 0 Å². The molecule has 0 aliphatic heterocycles. The first kappa shape index (κ1) is 11.1. The normalized spacial score (nSPS) is 10.2. The fourth-order valence-corrected chi connectivity index (χ4v) is 1.25. The molecule has 2 N–H and O–H groups in total. The number of aromatic carboxylic acids is 1. The molecule has 7 heteroatoms. The summed E-state index contributed by atoms with van der Waals surface area (Å²) >= 11 is 0. The number of carboxylic acids is 1. The molecule has 0 aliphatic rings. The number of pyridine rings is 1. The maximum Gasteiger partial charge on any atom is 0.339 e. The summed E-state index contributed by atoms with van der Waals surface area (Å²) in [5.74, 6) is -1.35. The molecule has 0 radical (unpaired) electrons. The molecule has 0 bridgehead atoms. The average molecular weight is 237 g/mol. The van der Waals surface area contributed by atoms with Gasteiger partial charge in [-0.15, -0.1) is 0 Å². The smallest absolute Gasteiger partial charge is 0.339 e. The van der Waals surface area contributed by atoms with Gasteiger partial charge in [-0.3, -0.25) is 0 Å². The van der Waals surface area contributed by atoms with Gasteiger partial charge in [-0.1, -0.05) is 5.16 Å². The van der Waals surface area contributed by atoms with Crippen LogP contribution in [0.1, 0.15) is 16.1 Å². The molecule has 0 amide bonds. The molecular formula is C10H8FN3O3. The van der Waals surface area contributed by atoms with Gasteiger partial charge in [0.2, 0.25) is 0 Å². The monoisotopic (exact) mass is 237 g/mol. The Kier molecular flexibility index (Phi) is 2.99. The predicted molar refractivity (Wildman–Crippen MR) is 55.0 cm³/mol. The zero-order valence-corrected chi connectivity index (χ0v) is 8.55. The summed E-state index contributed by atoms with van der Waals surface area (Å²) < 4.78 is 17.7. The quantitative estimate of drug-likeness (QED) is 0.838. The second-order valence-electron chi connectivity index (χ2n) is 3.19. The Labute approximate surface area is 95.1 Å². The van der Waals surface area contributed by atoms with Crippen LogP contribution in [0.15, 0.2) is 29.0 Å². The zero-order chi connectivity index (χ0) is 12.3. The first-order valence-corrected chi connectivity index (χ1v) is 4.69. The fraction of sp³-hybridized carbons (Fsp3) is 0.100. The minimum absolute atomic E-state index is 0.0790. The van der Waals surface area contributed by atoms with Gasteiger partial charge in [-0.2, -0.15) is 0 Å². The highest BCUT2D eigenvalue weighted by atomic mass is 19.1. The molecule has 0 unspecified atom stereocenters. The van der Waals surface area contributed by atoms with E-state index in [0.29, 0.717) is 5.76 Å². The number of rotatable bonds is 4. The third-order valence-corrected chi connectivity index (χ3v) is 2.01. The van der Waals surface area contributed by atoms with Crippen molar-refractivity contribution in [2.24, 2.45) is 0 Å². The fourth-order valence-electron chi connectivity index (χ4n) is 1.25. The van der Waals surface area contributed by atoms with E-state index in [0.717, 1.165) is 12.3 Å². The van der Waals surface area contributed by atoms with Gasteiger partial charge in [0.05, 0.1) is 18.9 Å². The molecule has 6 nitrogen and oxygen atoms in total. The third kappa shape index (κ3) is 2.57. The Hall–Kier alpha value is -2.44. The molecule has 0 spiro atoms. The van der Waals surface area contributed by atoms with Gasteiger partial charge in [0.1, 0.15) is 17.2 Å². The van der Waals surface area contributed by atoms with Crippen molar-refractivity contribution < 1.29 is 18.8 Å². The Bertz CT molecular complexity index is 528. The summed E-state index contributed by atoms with van der Waals surface area (Å²) in [6.45, 7) is 0.221. The predicted octanol–water partition coefficient (Wildman–Crippen LogP) is 1.52. The molecule has 0 aromatic carbocycles. The van der Waals surface area contributed by atoms with E-state index in [1.807, 2.05) is 0 Å². The van der Waals surface area contributed by atoms with Gasteiger partial charge in [0.25, 0.3) is 0 Å². The zero-order valence-electron chi connectivity index (χ0n) is 8.55. The SMILES string of the molecule is O=C(O)c1cc(F)cnc1NCc1ccno1. The lowest BCUT2D eigenvalue weighted by atomic mass is 10.2. The van der Waals surface area contributed by atoms with E-state index >= 15 is 0 Å². The number of hydrogen-bond donors (Lipinski definition) is 2. The first-order valence-electron chi connectivity index (χ1n) is 4.69. The first-order chi connectivity index (χ1) is 8.16. The summed E-state index contributed by atoms with van der Waals surface area (Å²) in [4.78, 5) is 14.5. The number of aromatic nitrogens is 2. The second kappa shape index (κ2) is 4.60. The van der Waals surface area contributed by atoms with Crippen molar-refractivity contribution in [1.82, 2.24) is 10.1 Å². The number of nitrogens with zero attached hydrogens (tertiary/aromatic N) is 2. The van der Waals surface area contributed by atoms with E-state index in [1.165, 1.54) is 6.20 Å². The van der Waals surface area contributed by atoms with Gasteiger partial charge < -0.3 is 14.9 Å². The van der Waals surface area contributed by atoms with Crippen LogP contribution in [-0.4, -0.2) is 21.2 Å². The van der Waals surface area contributed by atoms with E-state index < -0.39 is 11.8 Å². The Morgan fingerprint density at radius 2 is 2.41 bits per heavy atom. The van der Waals surface area contributed by atoms with E-state index in [9.17, 15) is 9.18 Å².